The van der Waals surface area contributed by atoms with E-state index in [0.717, 1.165) is 18.8 Å². The van der Waals surface area contributed by atoms with E-state index in [9.17, 15) is 0 Å². The van der Waals surface area contributed by atoms with Crippen LogP contribution in [-0.2, 0) is 13.1 Å². The molecule has 0 radical (unpaired) electrons. The monoisotopic (exact) mass is 224 g/mol. The maximum absolute atomic E-state index is 5.54. The zero-order chi connectivity index (χ0) is 12.1. The quantitative estimate of drug-likeness (QED) is 0.805. The third-order valence-corrected chi connectivity index (χ3v) is 2.71. The van der Waals surface area contributed by atoms with Crippen molar-refractivity contribution in [1.29, 1.82) is 0 Å². The molecule has 3 nitrogen and oxygen atoms in total. The maximum atomic E-state index is 5.54. The molecule has 92 valence electrons. The summed E-state index contributed by atoms with van der Waals surface area (Å²) in [6.45, 7) is 10.4. The standard InChI is InChI=1S/C13H24N2O/c1-10(2)14-7-12-6-13(16-9-12)8-15(5)11(3)4/h6,9-11,14H,7-8H2,1-5H3. The van der Waals surface area contributed by atoms with Crippen LogP contribution in [0.5, 0.6) is 0 Å². The minimum Gasteiger partial charge on any atom is -0.468 e. The number of nitrogens with zero attached hydrogens (tertiary/aromatic N) is 1. The van der Waals surface area contributed by atoms with Gasteiger partial charge in [0.25, 0.3) is 0 Å². The third kappa shape index (κ3) is 4.37. The van der Waals surface area contributed by atoms with E-state index in [2.05, 4.69) is 51.0 Å². The normalized spacial score (nSPS) is 12.0. The number of furan rings is 1. The first-order valence-corrected chi connectivity index (χ1v) is 5.99. The van der Waals surface area contributed by atoms with Crippen LogP contribution in [0.1, 0.15) is 39.0 Å². The van der Waals surface area contributed by atoms with Gasteiger partial charge in [0.1, 0.15) is 5.76 Å². The predicted octanol–water partition coefficient (Wildman–Crippen LogP) is 2.62. The SMILES string of the molecule is CC(C)NCc1coc(CN(C)C(C)C)c1. The maximum Gasteiger partial charge on any atom is 0.118 e. The second-order valence-corrected chi connectivity index (χ2v) is 4.97. The summed E-state index contributed by atoms with van der Waals surface area (Å²) < 4.78 is 5.54. The van der Waals surface area contributed by atoms with Gasteiger partial charge in [0, 0.05) is 24.2 Å². The molecule has 0 saturated carbocycles. The zero-order valence-corrected chi connectivity index (χ0v) is 11.1. The summed E-state index contributed by atoms with van der Waals surface area (Å²) in [5, 5.41) is 3.38. The first-order chi connectivity index (χ1) is 7.49. The Morgan fingerprint density at radius 1 is 1.31 bits per heavy atom. The number of hydrogen-bond acceptors (Lipinski definition) is 3. The summed E-state index contributed by atoms with van der Waals surface area (Å²) in [5.74, 6) is 1.04. The molecule has 0 unspecified atom stereocenters. The van der Waals surface area contributed by atoms with Gasteiger partial charge in [0.2, 0.25) is 0 Å². The van der Waals surface area contributed by atoms with Crippen molar-refractivity contribution < 1.29 is 4.42 Å². The molecule has 0 aromatic carbocycles. The van der Waals surface area contributed by atoms with Gasteiger partial charge in [0.15, 0.2) is 0 Å². The first kappa shape index (κ1) is 13.3. The lowest BCUT2D eigenvalue weighted by atomic mass is 10.2. The van der Waals surface area contributed by atoms with E-state index in [0.29, 0.717) is 12.1 Å². The number of nitrogens with one attached hydrogen (secondary N) is 1. The van der Waals surface area contributed by atoms with Crippen molar-refractivity contribution in [2.24, 2.45) is 0 Å². The van der Waals surface area contributed by atoms with Crippen LogP contribution in [0.2, 0.25) is 0 Å². The predicted molar refractivity (Wildman–Crippen MR) is 67.3 cm³/mol. The third-order valence-electron chi connectivity index (χ3n) is 2.71. The molecule has 0 spiro atoms. The van der Waals surface area contributed by atoms with E-state index < -0.39 is 0 Å². The highest BCUT2D eigenvalue weighted by molar-refractivity contribution is 5.12. The highest BCUT2D eigenvalue weighted by Gasteiger charge is 2.08. The Morgan fingerprint density at radius 2 is 2.00 bits per heavy atom. The van der Waals surface area contributed by atoms with Crippen molar-refractivity contribution in [2.75, 3.05) is 7.05 Å². The average Bonchev–Trinajstić information content (AvgIpc) is 2.62. The number of hydrogen-bond donors (Lipinski definition) is 1. The molecular formula is C13H24N2O. The molecule has 3 heteroatoms. The Balaban J connectivity index is 2.45. The lowest BCUT2D eigenvalue weighted by molar-refractivity contribution is 0.244. The molecule has 0 atom stereocenters. The summed E-state index contributed by atoms with van der Waals surface area (Å²) >= 11 is 0. The molecule has 1 aromatic heterocycles. The molecule has 1 aromatic rings. The van der Waals surface area contributed by atoms with Crippen LogP contribution in [0.4, 0.5) is 0 Å². The lowest BCUT2D eigenvalue weighted by Crippen LogP contribution is -2.25. The molecule has 0 bridgehead atoms. The van der Waals surface area contributed by atoms with Crippen molar-refractivity contribution in [1.82, 2.24) is 10.2 Å². The van der Waals surface area contributed by atoms with Gasteiger partial charge in [-0.05, 0) is 27.0 Å². The van der Waals surface area contributed by atoms with Gasteiger partial charge in [-0.25, -0.2) is 0 Å². The second kappa shape index (κ2) is 6.06. The van der Waals surface area contributed by atoms with Gasteiger partial charge in [-0.1, -0.05) is 13.8 Å². The first-order valence-electron chi connectivity index (χ1n) is 5.99. The summed E-state index contributed by atoms with van der Waals surface area (Å²) in [6.07, 6.45) is 1.85. The highest BCUT2D eigenvalue weighted by Crippen LogP contribution is 2.11. The molecular weight excluding hydrogens is 200 g/mol. The molecule has 0 aliphatic rings. The smallest absolute Gasteiger partial charge is 0.118 e. The molecule has 1 N–H and O–H groups in total. The van der Waals surface area contributed by atoms with Gasteiger partial charge < -0.3 is 9.73 Å². The summed E-state index contributed by atoms with van der Waals surface area (Å²) in [5.41, 5.74) is 1.22. The van der Waals surface area contributed by atoms with Crippen LogP contribution in [-0.4, -0.2) is 24.0 Å². The molecule has 0 aliphatic carbocycles. The van der Waals surface area contributed by atoms with E-state index in [4.69, 9.17) is 4.42 Å². The molecule has 1 rings (SSSR count). The van der Waals surface area contributed by atoms with Crippen molar-refractivity contribution in [2.45, 2.75) is 52.9 Å². The Kier molecular flexibility index (Phi) is 5.03. The van der Waals surface area contributed by atoms with Crippen LogP contribution in [0, 0.1) is 0 Å². The van der Waals surface area contributed by atoms with Crippen LogP contribution in [0.25, 0.3) is 0 Å². The fourth-order valence-electron chi connectivity index (χ4n) is 1.35. The number of rotatable bonds is 6. The topological polar surface area (TPSA) is 28.4 Å². The van der Waals surface area contributed by atoms with Crippen molar-refractivity contribution in [3.05, 3.63) is 23.7 Å². The van der Waals surface area contributed by atoms with E-state index in [1.807, 2.05) is 6.26 Å². The summed E-state index contributed by atoms with van der Waals surface area (Å²) in [4.78, 5) is 2.26. The summed E-state index contributed by atoms with van der Waals surface area (Å²) in [7, 11) is 2.11. The Morgan fingerprint density at radius 3 is 2.56 bits per heavy atom. The van der Waals surface area contributed by atoms with Crippen LogP contribution >= 0.6 is 0 Å². The van der Waals surface area contributed by atoms with E-state index in [1.165, 1.54) is 5.56 Å². The van der Waals surface area contributed by atoms with E-state index in [1.54, 1.807) is 0 Å². The van der Waals surface area contributed by atoms with Crippen LogP contribution < -0.4 is 5.32 Å². The second-order valence-electron chi connectivity index (χ2n) is 4.97. The highest BCUT2D eigenvalue weighted by atomic mass is 16.3. The van der Waals surface area contributed by atoms with Crippen molar-refractivity contribution in [3.8, 4) is 0 Å². The molecule has 16 heavy (non-hydrogen) atoms. The average molecular weight is 224 g/mol. The van der Waals surface area contributed by atoms with E-state index >= 15 is 0 Å². The van der Waals surface area contributed by atoms with Crippen LogP contribution in [0.15, 0.2) is 16.7 Å². The van der Waals surface area contributed by atoms with Gasteiger partial charge in [-0.2, -0.15) is 0 Å². The fourth-order valence-corrected chi connectivity index (χ4v) is 1.35. The lowest BCUT2D eigenvalue weighted by Gasteiger charge is -2.19. The largest absolute Gasteiger partial charge is 0.468 e. The zero-order valence-electron chi connectivity index (χ0n) is 11.1. The van der Waals surface area contributed by atoms with E-state index in [-0.39, 0.29) is 0 Å². The fraction of sp³-hybridized carbons (Fsp3) is 0.692. The Hall–Kier alpha value is -0.800. The van der Waals surface area contributed by atoms with Gasteiger partial charge >= 0.3 is 0 Å². The van der Waals surface area contributed by atoms with Crippen LogP contribution in [0.3, 0.4) is 0 Å². The molecule has 0 amide bonds. The Labute approximate surface area is 98.8 Å². The Bertz CT molecular complexity index is 305. The minimum absolute atomic E-state index is 0.511. The molecule has 0 fully saturated rings. The van der Waals surface area contributed by atoms with Gasteiger partial charge in [0.05, 0.1) is 12.8 Å². The van der Waals surface area contributed by atoms with Crippen molar-refractivity contribution in [3.63, 3.8) is 0 Å². The van der Waals surface area contributed by atoms with Gasteiger partial charge in [-0.3, -0.25) is 4.90 Å². The van der Waals surface area contributed by atoms with Gasteiger partial charge in [-0.15, -0.1) is 0 Å². The molecule has 0 aliphatic heterocycles. The minimum atomic E-state index is 0.511. The molecule has 1 heterocycles. The summed E-state index contributed by atoms with van der Waals surface area (Å²) in [6, 6.07) is 3.19. The van der Waals surface area contributed by atoms with Crippen molar-refractivity contribution >= 4 is 0 Å². The molecule has 0 saturated heterocycles.